The Bertz CT molecular complexity index is 454. The molecule has 0 aliphatic carbocycles. The number of aromatic nitrogens is 1. The predicted octanol–water partition coefficient (Wildman–Crippen LogP) is 1.13. The predicted molar refractivity (Wildman–Crippen MR) is 86.5 cm³/mol. The lowest BCUT2D eigenvalue weighted by atomic mass is 10.0. The van der Waals surface area contributed by atoms with E-state index >= 15 is 0 Å². The maximum atomic E-state index is 12.4. The Kier molecular flexibility index (Phi) is 6.14. The van der Waals surface area contributed by atoms with E-state index < -0.39 is 0 Å². The number of piperidine rings is 1. The highest BCUT2D eigenvalue weighted by molar-refractivity contribution is 7.09. The normalized spacial score (nSPS) is 17.1. The molecule has 2 heterocycles. The second-order valence-electron chi connectivity index (χ2n) is 5.84. The number of likely N-dealkylation sites (tertiary alicyclic amines) is 1. The van der Waals surface area contributed by atoms with Crippen molar-refractivity contribution in [3.63, 3.8) is 0 Å². The van der Waals surface area contributed by atoms with Crippen LogP contribution in [0.3, 0.4) is 0 Å². The van der Waals surface area contributed by atoms with Gasteiger partial charge in [0, 0.05) is 24.9 Å². The molecule has 2 N–H and O–H groups in total. The fourth-order valence-corrected chi connectivity index (χ4v) is 3.50. The second-order valence-corrected chi connectivity index (χ2v) is 6.78. The van der Waals surface area contributed by atoms with Crippen LogP contribution in [0, 0.1) is 0 Å². The summed E-state index contributed by atoms with van der Waals surface area (Å²) >= 11 is 1.63. The Morgan fingerprint density at radius 1 is 1.52 bits per heavy atom. The summed E-state index contributed by atoms with van der Waals surface area (Å²) in [5, 5.41) is 3.09. The van der Waals surface area contributed by atoms with Crippen molar-refractivity contribution >= 4 is 17.2 Å². The van der Waals surface area contributed by atoms with Gasteiger partial charge in [0.05, 0.1) is 17.1 Å². The van der Waals surface area contributed by atoms with E-state index in [0.29, 0.717) is 19.0 Å². The van der Waals surface area contributed by atoms with E-state index in [2.05, 4.69) is 16.9 Å². The lowest BCUT2D eigenvalue weighted by Crippen LogP contribution is -2.45. The molecule has 1 aliphatic rings. The fraction of sp³-hybridized carbons (Fsp3) is 0.733. The molecule has 118 valence electrons. The Morgan fingerprint density at radius 2 is 2.24 bits per heavy atom. The van der Waals surface area contributed by atoms with Crippen molar-refractivity contribution in [1.29, 1.82) is 0 Å². The van der Waals surface area contributed by atoms with Gasteiger partial charge in [-0.3, -0.25) is 4.79 Å². The molecule has 0 spiro atoms. The van der Waals surface area contributed by atoms with Gasteiger partial charge in [-0.2, -0.15) is 0 Å². The number of nitrogens with zero attached hydrogens (tertiary/aromatic N) is 3. The number of amides is 1. The van der Waals surface area contributed by atoms with E-state index in [9.17, 15) is 4.79 Å². The summed E-state index contributed by atoms with van der Waals surface area (Å²) in [6.45, 7) is 2.83. The van der Waals surface area contributed by atoms with Crippen LogP contribution < -0.4 is 5.73 Å². The molecule has 1 aliphatic heterocycles. The molecular weight excluding hydrogens is 284 g/mol. The van der Waals surface area contributed by atoms with Crippen molar-refractivity contribution in [2.45, 2.75) is 38.1 Å². The number of rotatable bonds is 6. The maximum absolute atomic E-state index is 12.4. The molecule has 0 bridgehead atoms. The largest absolute Gasteiger partial charge is 0.342 e. The SMILES string of the molecule is CN1CCC(N(C)C(=O)Cc2csc(CCCN)n2)CC1. The average Bonchev–Trinajstić information content (AvgIpc) is 2.92. The van der Waals surface area contributed by atoms with E-state index in [0.717, 1.165) is 49.5 Å². The average molecular weight is 310 g/mol. The Morgan fingerprint density at radius 3 is 2.90 bits per heavy atom. The number of aryl methyl sites for hydroxylation is 1. The summed E-state index contributed by atoms with van der Waals surface area (Å²) in [7, 11) is 4.07. The van der Waals surface area contributed by atoms with E-state index in [1.165, 1.54) is 0 Å². The van der Waals surface area contributed by atoms with Crippen LogP contribution in [0.5, 0.6) is 0 Å². The van der Waals surface area contributed by atoms with E-state index in [1.54, 1.807) is 11.3 Å². The molecule has 0 unspecified atom stereocenters. The zero-order valence-corrected chi connectivity index (χ0v) is 13.9. The lowest BCUT2D eigenvalue weighted by Gasteiger charge is -2.35. The third-order valence-electron chi connectivity index (χ3n) is 4.16. The Balaban J connectivity index is 1.84. The monoisotopic (exact) mass is 310 g/mol. The minimum atomic E-state index is 0.181. The topological polar surface area (TPSA) is 62.5 Å². The molecule has 6 heteroatoms. The van der Waals surface area contributed by atoms with E-state index in [4.69, 9.17) is 5.73 Å². The first kappa shape index (κ1) is 16.4. The van der Waals surface area contributed by atoms with Crippen LogP contribution in [0.2, 0.25) is 0 Å². The van der Waals surface area contributed by atoms with Crippen LogP contribution in [-0.2, 0) is 17.6 Å². The van der Waals surface area contributed by atoms with Crippen molar-refractivity contribution in [3.8, 4) is 0 Å². The van der Waals surface area contributed by atoms with Gasteiger partial charge in [-0.05, 0) is 45.9 Å². The molecule has 0 saturated carbocycles. The number of carbonyl (C=O) groups is 1. The van der Waals surface area contributed by atoms with Crippen molar-refractivity contribution in [1.82, 2.24) is 14.8 Å². The highest BCUT2D eigenvalue weighted by Gasteiger charge is 2.24. The van der Waals surface area contributed by atoms with Gasteiger partial charge < -0.3 is 15.5 Å². The van der Waals surface area contributed by atoms with Crippen LogP contribution >= 0.6 is 11.3 Å². The van der Waals surface area contributed by atoms with E-state index in [-0.39, 0.29) is 5.91 Å². The molecule has 0 atom stereocenters. The Hall–Kier alpha value is -0.980. The number of carbonyl (C=O) groups excluding carboxylic acids is 1. The fourth-order valence-electron chi connectivity index (χ4n) is 2.66. The quantitative estimate of drug-likeness (QED) is 0.855. The van der Waals surface area contributed by atoms with Gasteiger partial charge in [-0.1, -0.05) is 0 Å². The van der Waals surface area contributed by atoms with Gasteiger partial charge in [0.2, 0.25) is 5.91 Å². The van der Waals surface area contributed by atoms with Crippen LogP contribution in [0.1, 0.15) is 30.0 Å². The van der Waals surface area contributed by atoms with Crippen molar-refractivity contribution in [3.05, 3.63) is 16.1 Å². The first-order chi connectivity index (χ1) is 10.1. The molecule has 5 nitrogen and oxygen atoms in total. The lowest BCUT2D eigenvalue weighted by molar-refractivity contribution is -0.132. The summed E-state index contributed by atoms with van der Waals surface area (Å²) in [6, 6.07) is 0.379. The van der Waals surface area contributed by atoms with Gasteiger partial charge in [0.25, 0.3) is 0 Å². The van der Waals surface area contributed by atoms with E-state index in [1.807, 2.05) is 17.3 Å². The zero-order chi connectivity index (χ0) is 15.2. The first-order valence-corrected chi connectivity index (χ1v) is 8.55. The number of likely N-dealkylation sites (N-methyl/N-ethyl adjacent to an activating group) is 1. The maximum Gasteiger partial charge on any atom is 0.228 e. The van der Waals surface area contributed by atoms with Gasteiger partial charge in [-0.15, -0.1) is 11.3 Å². The highest BCUT2D eigenvalue weighted by atomic mass is 32.1. The molecule has 1 aromatic heterocycles. The van der Waals surface area contributed by atoms with Crippen LogP contribution in [0.4, 0.5) is 0 Å². The number of hydrogen-bond acceptors (Lipinski definition) is 5. The first-order valence-electron chi connectivity index (χ1n) is 7.67. The van der Waals surface area contributed by atoms with Crippen molar-refractivity contribution in [2.24, 2.45) is 5.73 Å². The van der Waals surface area contributed by atoms with Gasteiger partial charge >= 0.3 is 0 Å². The van der Waals surface area contributed by atoms with Crippen LogP contribution in [-0.4, -0.2) is 60.5 Å². The summed E-state index contributed by atoms with van der Waals surface area (Å²) in [5.74, 6) is 0.181. The summed E-state index contributed by atoms with van der Waals surface area (Å²) < 4.78 is 0. The standard InChI is InChI=1S/C15H26N4OS/c1-18-8-5-13(6-9-18)19(2)15(20)10-12-11-21-14(17-12)4-3-7-16/h11,13H,3-10,16H2,1-2H3. The molecule has 0 aromatic carbocycles. The van der Waals surface area contributed by atoms with Gasteiger partial charge in [-0.25, -0.2) is 4.98 Å². The molecule has 1 fully saturated rings. The summed E-state index contributed by atoms with van der Waals surface area (Å²) in [4.78, 5) is 21.1. The number of nitrogens with two attached hydrogens (primary N) is 1. The second kappa shape index (κ2) is 7.87. The van der Waals surface area contributed by atoms with Crippen molar-refractivity contribution in [2.75, 3.05) is 33.7 Å². The molecule has 0 radical (unpaired) electrons. The van der Waals surface area contributed by atoms with Gasteiger partial charge in [0.1, 0.15) is 0 Å². The highest BCUT2D eigenvalue weighted by Crippen LogP contribution is 2.17. The molecular formula is C15H26N4OS. The summed E-state index contributed by atoms with van der Waals surface area (Å²) in [5.41, 5.74) is 6.41. The summed E-state index contributed by atoms with van der Waals surface area (Å²) in [6.07, 6.45) is 4.42. The smallest absolute Gasteiger partial charge is 0.228 e. The van der Waals surface area contributed by atoms with Gasteiger partial charge in [0.15, 0.2) is 0 Å². The van der Waals surface area contributed by atoms with Crippen molar-refractivity contribution < 1.29 is 4.79 Å². The molecule has 1 saturated heterocycles. The molecule has 21 heavy (non-hydrogen) atoms. The molecule has 2 rings (SSSR count). The minimum absolute atomic E-state index is 0.181. The minimum Gasteiger partial charge on any atom is -0.342 e. The van der Waals surface area contributed by atoms with Crippen LogP contribution in [0.15, 0.2) is 5.38 Å². The number of hydrogen-bond donors (Lipinski definition) is 1. The zero-order valence-electron chi connectivity index (χ0n) is 13.0. The Labute approximate surface area is 131 Å². The third kappa shape index (κ3) is 4.76. The number of thiazole rings is 1. The third-order valence-corrected chi connectivity index (χ3v) is 5.11. The molecule has 1 amide bonds. The van der Waals surface area contributed by atoms with Crippen LogP contribution in [0.25, 0.3) is 0 Å². The molecule has 1 aromatic rings.